The highest BCUT2D eigenvalue weighted by molar-refractivity contribution is 5.94. The van der Waals surface area contributed by atoms with Crippen LogP contribution in [0.2, 0.25) is 0 Å². The van der Waals surface area contributed by atoms with Crippen LogP contribution in [-0.4, -0.2) is 43.4 Å². The molecule has 0 saturated heterocycles. The highest BCUT2D eigenvalue weighted by atomic mass is 16.2. The van der Waals surface area contributed by atoms with Gasteiger partial charge in [-0.1, -0.05) is 55.8 Å². The molecule has 2 aromatic carbocycles. The molecule has 0 unspecified atom stereocenters. The number of likely N-dealkylation sites (N-methyl/N-ethyl adjacent to an activating group) is 1. The third-order valence-corrected chi connectivity index (χ3v) is 5.15. The summed E-state index contributed by atoms with van der Waals surface area (Å²) in [7, 11) is 1.78. The molecule has 0 fully saturated rings. The van der Waals surface area contributed by atoms with Gasteiger partial charge >= 0.3 is 0 Å². The summed E-state index contributed by atoms with van der Waals surface area (Å²) in [6, 6.07) is 12.6. The maximum absolute atomic E-state index is 12.4. The van der Waals surface area contributed by atoms with E-state index < -0.39 is 0 Å². The molecule has 0 aromatic heterocycles. The number of nitrogens with one attached hydrogen (secondary N) is 2. The monoisotopic (exact) mass is 409 g/mol. The molecule has 0 bridgehead atoms. The summed E-state index contributed by atoms with van der Waals surface area (Å²) in [4.78, 5) is 26.3. The van der Waals surface area contributed by atoms with Crippen LogP contribution in [-0.2, 0) is 16.0 Å². The van der Waals surface area contributed by atoms with Crippen molar-refractivity contribution in [3.63, 3.8) is 0 Å². The number of aryl methyl sites for hydroxylation is 3. The van der Waals surface area contributed by atoms with E-state index in [2.05, 4.69) is 60.9 Å². The van der Waals surface area contributed by atoms with Crippen molar-refractivity contribution in [1.82, 2.24) is 10.2 Å². The summed E-state index contributed by atoms with van der Waals surface area (Å²) in [5.74, 6) is 0.322. The van der Waals surface area contributed by atoms with Crippen LogP contribution in [0.1, 0.15) is 47.6 Å². The van der Waals surface area contributed by atoms with E-state index in [0.717, 1.165) is 23.2 Å². The largest absolute Gasteiger partial charge is 0.355 e. The number of rotatable bonds is 9. The van der Waals surface area contributed by atoms with E-state index in [9.17, 15) is 9.59 Å². The van der Waals surface area contributed by atoms with Crippen LogP contribution >= 0.6 is 0 Å². The van der Waals surface area contributed by atoms with Crippen LogP contribution < -0.4 is 10.6 Å². The fourth-order valence-electron chi connectivity index (χ4n) is 3.57. The Morgan fingerprint density at radius 3 is 2.07 bits per heavy atom. The van der Waals surface area contributed by atoms with Gasteiger partial charge < -0.3 is 10.6 Å². The topological polar surface area (TPSA) is 61.4 Å². The van der Waals surface area contributed by atoms with Gasteiger partial charge in [-0.2, -0.15) is 0 Å². The zero-order valence-electron chi connectivity index (χ0n) is 19.1. The number of carbonyl (C=O) groups is 2. The average Bonchev–Trinajstić information content (AvgIpc) is 2.64. The molecule has 162 valence electrons. The van der Waals surface area contributed by atoms with Gasteiger partial charge in [0.15, 0.2) is 0 Å². The van der Waals surface area contributed by atoms with Gasteiger partial charge in [0, 0.05) is 12.2 Å². The van der Waals surface area contributed by atoms with E-state index in [0.29, 0.717) is 12.5 Å². The van der Waals surface area contributed by atoms with Crippen molar-refractivity contribution in [3.8, 4) is 0 Å². The number of hydrogen-bond donors (Lipinski definition) is 2. The van der Waals surface area contributed by atoms with E-state index in [1.54, 1.807) is 11.9 Å². The summed E-state index contributed by atoms with van der Waals surface area (Å²) in [5, 5.41) is 5.91. The molecule has 2 amide bonds. The van der Waals surface area contributed by atoms with Gasteiger partial charge in [-0.3, -0.25) is 14.5 Å². The lowest BCUT2D eigenvalue weighted by atomic mass is 10.0. The molecule has 30 heavy (non-hydrogen) atoms. The molecule has 0 aliphatic heterocycles. The van der Waals surface area contributed by atoms with Gasteiger partial charge in [0.25, 0.3) is 0 Å². The highest BCUT2D eigenvalue weighted by Gasteiger charge is 2.13. The van der Waals surface area contributed by atoms with E-state index >= 15 is 0 Å². The number of amides is 2. The molecule has 2 aromatic rings. The van der Waals surface area contributed by atoms with E-state index in [1.165, 1.54) is 16.7 Å². The summed E-state index contributed by atoms with van der Waals surface area (Å²) in [6.45, 7) is 11.3. The van der Waals surface area contributed by atoms with Crippen LogP contribution in [0.15, 0.2) is 36.4 Å². The second kappa shape index (κ2) is 10.9. The normalized spacial score (nSPS) is 11.1. The molecular formula is C25H35N3O2. The predicted molar refractivity (Wildman–Crippen MR) is 124 cm³/mol. The van der Waals surface area contributed by atoms with Crippen LogP contribution in [0.3, 0.4) is 0 Å². The van der Waals surface area contributed by atoms with Gasteiger partial charge in [-0.05, 0) is 62.4 Å². The molecule has 5 nitrogen and oxygen atoms in total. The number of carbonyl (C=O) groups excluding carboxylic acids is 2. The Morgan fingerprint density at radius 1 is 0.933 bits per heavy atom. The summed E-state index contributed by atoms with van der Waals surface area (Å²) < 4.78 is 0. The maximum atomic E-state index is 12.4. The molecule has 2 rings (SSSR count). The molecule has 0 spiro atoms. The number of nitrogens with zero attached hydrogens (tertiary/aromatic N) is 1. The molecule has 0 heterocycles. The lowest BCUT2D eigenvalue weighted by molar-refractivity contribution is -0.122. The second-order valence-corrected chi connectivity index (χ2v) is 8.49. The van der Waals surface area contributed by atoms with E-state index in [4.69, 9.17) is 0 Å². The predicted octanol–water partition coefficient (Wildman–Crippen LogP) is 3.96. The first kappa shape index (κ1) is 23.6. The van der Waals surface area contributed by atoms with Crippen molar-refractivity contribution in [2.75, 3.05) is 32.0 Å². The molecule has 2 N–H and O–H groups in total. The first-order chi connectivity index (χ1) is 14.2. The highest BCUT2D eigenvalue weighted by Crippen LogP contribution is 2.21. The smallest absolute Gasteiger partial charge is 0.238 e. The van der Waals surface area contributed by atoms with Crippen molar-refractivity contribution in [3.05, 3.63) is 64.2 Å². The summed E-state index contributed by atoms with van der Waals surface area (Å²) in [6.07, 6.45) is 0.792. The lowest BCUT2D eigenvalue weighted by Gasteiger charge is -2.18. The molecule has 5 heteroatoms. The van der Waals surface area contributed by atoms with E-state index in [-0.39, 0.29) is 24.9 Å². The Labute approximate surface area is 180 Å². The fraction of sp³-hybridized carbons (Fsp3) is 0.440. The van der Waals surface area contributed by atoms with Crippen molar-refractivity contribution in [2.24, 2.45) is 0 Å². The SMILES string of the molecule is Cc1cc(C)c(NC(=O)CN(C)CC(=O)NCCc2ccc(C(C)C)cc2)c(C)c1. The zero-order chi connectivity index (χ0) is 22.3. The molecule has 0 atom stereocenters. The number of benzene rings is 2. The van der Waals surface area contributed by atoms with Crippen molar-refractivity contribution < 1.29 is 9.59 Å². The van der Waals surface area contributed by atoms with Crippen LogP contribution in [0.25, 0.3) is 0 Å². The molecular weight excluding hydrogens is 374 g/mol. The number of anilines is 1. The lowest BCUT2D eigenvalue weighted by Crippen LogP contribution is -2.39. The van der Waals surface area contributed by atoms with Crippen molar-refractivity contribution in [2.45, 2.75) is 47.0 Å². The first-order valence-corrected chi connectivity index (χ1v) is 10.6. The Balaban J connectivity index is 1.74. The molecule has 0 aliphatic carbocycles. The second-order valence-electron chi connectivity index (χ2n) is 8.49. The molecule has 0 saturated carbocycles. The minimum Gasteiger partial charge on any atom is -0.355 e. The Morgan fingerprint density at radius 2 is 1.50 bits per heavy atom. The maximum Gasteiger partial charge on any atom is 0.238 e. The zero-order valence-corrected chi connectivity index (χ0v) is 19.1. The standard InChI is InChI=1S/C25H35N3O2/c1-17(2)22-9-7-21(8-10-22)11-12-26-23(29)15-28(6)16-24(30)27-25-19(4)13-18(3)14-20(25)5/h7-10,13-14,17H,11-12,15-16H2,1-6H3,(H,26,29)(H,27,30). The van der Waals surface area contributed by atoms with Gasteiger partial charge in [0.1, 0.15) is 0 Å². The Kier molecular flexibility index (Phi) is 8.60. The van der Waals surface area contributed by atoms with Crippen molar-refractivity contribution in [1.29, 1.82) is 0 Å². The average molecular weight is 410 g/mol. The summed E-state index contributed by atoms with van der Waals surface area (Å²) in [5.41, 5.74) is 6.64. The van der Waals surface area contributed by atoms with Gasteiger partial charge in [-0.25, -0.2) is 0 Å². The van der Waals surface area contributed by atoms with Crippen molar-refractivity contribution >= 4 is 17.5 Å². The van der Waals surface area contributed by atoms with Crippen LogP contribution in [0.5, 0.6) is 0 Å². The van der Waals surface area contributed by atoms with Gasteiger partial charge in [-0.15, -0.1) is 0 Å². The molecule has 0 radical (unpaired) electrons. The summed E-state index contributed by atoms with van der Waals surface area (Å²) >= 11 is 0. The van der Waals surface area contributed by atoms with E-state index in [1.807, 2.05) is 20.8 Å². The van der Waals surface area contributed by atoms with Crippen LogP contribution in [0, 0.1) is 20.8 Å². The minimum atomic E-state index is -0.120. The Bertz CT molecular complexity index is 849. The first-order valence-electron chi connectivity index (χ1n) is 10.6. The third-order valence-electron chi connectivity index (χ3n) is 5.15. The quantitative estimate of drug-likeness (QED) is 0.659. The minimum absolute atomic E-state index is 0.0770. The fourth-order valence-corrected chi connectivity index (χ4v) is 3.57. The number of hydrogen-bond acceptors (Lipinski definition) is 3. The van der Waals surface area contributed by atoms with Gasteiger partial charge in [0.2, 0.25) is 11.8 Å². The third kappa shape index (κ3) is 7.30. The van der Waals surface area contributed by atoms with Crippen LogP contribution in [0.4, 0.5) is 5.69 Å². The van der Waals surface area contributed by atoms with Gasteiger partial charge in [0.05, 0.1) is 13.1 Å². The molecule has 0 aliphatic rings. The Hall–Kier alpha value is -2.66.